The Morgan fingerprint density at radius 2 is 1.79 bits per heavy atom. The SMILES string of the molecule is Cc1cccc(OCCN(C)S(=O)(=O)c2ccc(C(=O)NCC(F)(F)F)cc2)c1. The van der Waals surface area contributed by atoms with Gasteiger partial charge in [-0.25, -0.2) is 8.42 Å². The summed E-state index contributed by atoms with van der Waals surface area (Å²) in [4.78, 5) is 11.6. The van der Waals surface area contributed by atoms with Gasteiger partial charge in [0.1, 0.15) is 18.9 Å². The van der Waals surface area contributed by atoms with Crippen molar-refractivity contribution in [2.75, 3.05) is 26.7 Å². The van der Waals surface area contributed by atoms with Crippen molar-refractivity contribution in [2.45, 2.75) is 18.0 Å². The van der Waals surface area contributed by atoms with Crippen LogP contribution in [0.4, 0.5) is 13.2 Å². The Morgan fingerprint density at radius 3 is 2.38 bits per heavy atom. The van der Waals surface area contributed by atoms with Crippen LogP contribution in [-0.2, 0) is 10.0 Å². The molecule has 0 heterocycles. The lowest BCUT2D eigenvalue weighted by Gasteiger charge is -2.18. The van der Waals surface area contributed by atoms with Gasteiger partial charge in [0.05, 0.1) is 4.90 Å². The fourth-order valence-electron chi connectivity index (χ4n) is 2.36. The van der Waals surface area contributed by atoms with Crippen LogP contribution < -0.4 is 10.1 Å². The molecule has 0 spiro atoms. The summed E-state index contributed by atoms with van der Waals surface area (Å²) in [5.41, 5.74) is 0.946. The maximum atomic E-state index is 12.6. The van der Waals surface area contributed by atoms with Crippen molar-refractivity contribution in [1.29, 1.82) is 0 Å². The van der Waals surface area contributed by atoms with E-state index < -0.39 is 28.7 Å². The van der Waals surface area contributed by atoms with E-state index in [1.54, 1.807) is 11.4 Å². The number of ether oxygens (including phenoxy) is 1. The van der Waals surface area contributed by atoms with Gasteiger partial charge in [-0.1, -0.05) is 12.1 Å². The Hall–Kier alpha value is -2.59. The number of aryl methyl sites for hydroxylation is 1. The zero-order valence-corrected chi connectivity index (χ0v) is 16.7. The maximum absolute atomic E-state index is 12.6. The molecule has 0 aliphatic heterocycles. The molecule has 0 fully saturated rings. The highest BCUT2D eigenvalue weighted by molar-refractivity contribution is 7.89. The van der Waals surface area contributed by atoms with Gasteiger partial charge in [-0.2, -0.15) is 17.5 Å². The van der Waals surface area contributed by atoms with Crippen LogP contribution in [-0.4, -0.2) is 51.6 Å². The summed E-state index contributed by atoms with van der Waals surface area (Å²) in [6.45, 7) is 0.674. The molecule has 6 nitrogen and oxygen atoms in total. The van der Waals surface area contributed by atoms with E-state index in [1.807, 2.05) is 25.1 Å². The number of benzene rings is 2. The van der Waals surface area contributed by atoms with Gasteiger partial charge in [0.15, 0.2) is 0 Å². The number of carbonyl (C=O) groups is 1. The molecule has 0 atom stereocenters. The van der Waals surface area contributed by atoms with E-state index >= 15 is 0 Å². The van der Waals surface area contributed by atoms with Crippen molar-refractivity contribution in [3.05, 3.63) is 59.7 Å². The lowest BCUT2D eigenvalue weighted by molar-refractivity contribution is -0.123. The first-order valence-electron chi connectivity index (χ1n) is 8.60. The van der Waals surface area contributed by atoms with Gasteiger partial charge in [-0.15, -0.1) is 0 Å². The largest absolute Gasteiger partial charge is 0.492 e. The van der Waals surface area contributed by atoms with Crippen LogP contribution in [0.25, 0.3) is 0 Å². The van der Waals surface area contributed by atoms with Crippen LogP contribution >= 0.6 is 0 Å². The van der Waals surface area contributed by atoms with Gasteiger partial charge >= 0.3 is 6.18 Å². The molecule has 1 amide bonds. The van der Waals surface area contributed by atoms with Gasteiger partial charge in [0.2, 0.25) is 10.0 Å². The number of hydrogen-bond donors (Lipinski definition) is 1. The van der Waals surface area contributed by atoms with Gasteiger partial charge in [-0.3, -0.25) is 4.79 Å². The normalized spacial score (nSPS) is 12.1. The fourth-order valence-corrected chi connectivity index (χ4v) is 3.51. The highest BCUT2D eigenvalue weighted by Crippen LogP contribution is 2.17. The lowest BCUT2D eigenvalue weighted by Crippen LogP contribution is -2.33. The number of alkyl halides is 3. The summed E-state index contributed by atoms with van der Waals surface area (Å²) < 4.78 is 68.3. The summed E-state index contributed by atoms with van der Waals surface area (Å²) in [7, 11) is -2.45. The Bertz CT molecular complexity index is 945. The summed E-state index contributed by atoms with van der Waals surface area (Å²) in [6.07, 6.45) is -4.53. The molecule has 10 heteroatoms. The van der Waals surface area contributed by atoms with Gasteiger partial charge < -0.3 is 10.1 Å². The van der Waals surface area contributed by atoms with Gasteiger partial charge in [0.25, 0.3) is 5.91 Å². The second kappa shape index (κ2) is 9.27. The molecular weight excluding hydrogens is 409 g/mol. The summed E-state index contributed by atoms with van der Waals surface area (Å²) >= 11 is 0. The third kappa shape index (κ3) is 6.75. The Kier molecular flexibility index (Phi) is 7.26. The van der Waals surface area contributed by atoms with Gasteiger partial charge in [-0.05, 0) is 48.9 Å². The van der Waals surface area contributed by atoms with E-state index in [-0.39, 0.29) is 23.6 Å². The minimum atomic E-state index is -4.53. The topological polar surface area (TPSA) is 75.7 Å². The molecule has 158 valence electrons. The zero-order valence-electron chi connectivity index (χ0n) is 15.9. The third-order valence-electron chi connectivity index (χ3n) is 3.94. The third-order valence-corrected chi connectivity index (χ3v) is 5.81. The molecule has 2 aromatic carbocycles. The lowest BCUT2D eigenvalue weighted by atomic mass is 10.2. The van der Waals surface area contributed by atoms with E-state index in [4.69, 9.17) is 4.74 Å². The maximum Gasteiger partial charge on any atom is 0.405 e. The van der Waals surface area contributed by atoms with Crippen molar-refractivity contribution in [2.24, 2.45) is 0 Å². The molecule has 2 rings (SSSR count). The average Bonchev–Trinajstić information content (AvgIpc) is 2.65. The molecule has 0 aromatic heterocycles. The van der Waals surface area contributed by atoms with E-state index in [2.05, 4.69) is 0 Å². The molecule has 0 aliphatic rings. The van der Waals surface area contributed by atoms with Crippen molar-refractivity contribution in [1.82, 2.24) is 9.62 Å². The van der Waals surface area contributed by atoms with Crippen LogP contribution in [0.5, 0.6) is 5.75 Å². The quantitative estimate of drug-likeness (QED) is 0.699. The number of amides is 1. The second-order valence-corrected chi connectivity index (χ2v) is 8.36. The molecule has 29 heavy (non-hydrogen) atoms. The smallest absolute Gasteiger partial charge is 0.405 e. The van der Waals surface area contributed by atoms with Gasteiger partial charge in [0, 0.05) is 19.2 Å². The minimum absolute atomic E-state index is 0.0707. The molecule has 0 saturated heterocycles. The Balaban J connectivity index is 1.96. The number of hydrogen-bond acceptors (Lipinski definition) is 4. The number of sulfonamides is 1. The van der Waals surface area contributed by atoms with Crippen LogP contribution in [0.1, 0.15) is 15.9 Å². The molecule has 0 radical (unpaired) electrons. The van der Waals surface area contributed by atoms with E-state index in [0.29, 0.717) is 5.75 Å². The predicted octanol–water partition coefficient (Wildman–Crippen LogP) is 2.99. The molecule has 0 aliphatic carbocycles. The zero-order chi connectivity index (χ0) is 21.7. The van der Waals surface area contributed by atoms with Crippen LogP contribution in [0.2, 0.25) is 0 Å². The summed E-state index contributed by atoms with van der Waals surface area (Å²) in [6, 6.07) is 12.0. The molecule has 1 N–H and O–H groups in total. The Morgan fingerprint density at radius 1 is 1.14 bits per heavy atom. The number of carbonyl (C=O) groups excluding carboxylic acids is 1. The number of halogens is 3. The molecule has 2 aromatic rings. The predicted molar refractivity (Wildman–Crippen MR) is 101 cm³/mol. The monoisotopic (exact) mass is 430 g/mol. The van der Waals surface area contributed by atoms with Crippen molar-refractivity contribution in [3.63, 3.8) is 0 Å². The van der Waals surface area contributed by atoms with Crippen molar-refractivity contribution in [3.8, 4) is 5.75 Å². The Labute approximate surface area is 167 Å². The average molecular weight is 430 g/mol. The van der Waals surface area contributed by atoms with E-state index in [9.17, 15) is 26.4 Å². The van der Waals surface area contributed by atoms with Crippen LogP contribution in [0.3, 0.4) is 0 Å². The number of nitrogens with one attached hydrogen (secondary N) is 1. The van der Waals surface area contributed by atoms with Crippen LogP contribution in [0.15, 0.2) is 53.4 Å². The molecular formula is C19H21F3N2O4S. The minimum Gasteiger partial charge on any atom is -0.492 e. The van der Waals surface area contributed by atoms with Crippen LogP contribution in [0, 0.1) is 6.92 Å². The molecule has 0 unspecified atom stereocenters. The van der Waals surface area contributed by atoms with E-state index in [0.717, 1.165) is 22.0 Å². The first-order valence-corrected chi connectivity index (χ1v) is 10.0. The number of rotatable bonds is 8. The summed E-state index contributed by atoms with van der Waals surface area (Å²) in [5.74, 6) is -0.309. The summed E-state index contributed by atoms with van der Waals surface area (Å²) in [5, 5.41) is 1.73. The fraction of sp³-hybridized carbons (Fsp3) is 0.316. The standard InChI is InChI=1S/C19H21F3N2O4S/c1-14-4-3-5-16(12-14)28-11-10-24(2)29(26,27)17-8-6-15(7-9-17)18(25)23-13-19(20,21)22/h3-9,12H,10-11,13H2,1-2H3,(H,23,25). The highest BCUT2D eigenvalue weighted by Gasteiger charge is 2.28. The number of nitrogens with zero attached hydrogens (tertiary/aromatic N) is 1. The highest BCUT2D eigenvalue weighted by atomic mass is 32.2. The molecule has 0 bridgehead atoms. The van der Waals surface area contributed by atoms with E-state index in [1.165, 1.54) is 19.2 Å². The first kappa shape index (κ1) is 22.7. The van der Waals surface area contributed by atoms with Crippen molar-refractivity contribution >= 4 is 15.9 Å². The number of likely N-dealkylation sites (N-methyl/N-ethyl adjacent to an activating group) is 1. The first-order chi connectivity index (χ1) is 13.5. The van der Waals surface area contributed by atoms with Crippen molar-refractivity contribution < 1.29 is 31.1 Å². The molecule has 0 saturated carbocycles. The second-order valence-electron chi connectivity index (χ2n) is 6.31.